The lowest BCUT2D eigenvalue weighted by molar-refractivity contribution is -0.133. The predicted octanol–water partition coefficient (Wildman–Crippen LogP) is 2.87. The summed E-state index contributed by atoms with van der Waals surface area (Å²) in [5, 5.41) is 4.05. The molecule has 0 radical (unpaired) electrons. The first-order chi connectivity index (χ1) is 9.70. The molecule has 20 heavy (non-hydrogen) atoms. The van der Waals surface area contributed by atoms with E-state index in [9.17, 15) is 4.79 Å². The van der Waals surface area contributed by atoms with Crippen LogP contribution in [0.5, 0.6) is 0 Å². The minimum atomic E-state index is 0.223. The van der Waals surface area contributed by atoms with Gasteiger partial charge in [-0.15, -0.1) is 0 Å². The molecule has 0 aliphatic carbocycles. The van der Waals surface area contributed by atoms with Crippen LogP contribution in [0.4, 0.5) is 0 Å². The largest absolute Gasteiger partial charge is 0.339 e. The fourth-order valence-corrected chi connectivity index (χ4v) is 3.01. The number of carbonyl (C=O) groups excluding carboxylic acids is 1. The van der Waals surface area contributed by atoms with Crippen LogP contribution in [0.15, 0.2) is 24.3 Å². The van der Waals surface area contributed by atoms with Crippen LogP contribution >= 0.6 is 11.6 Å². The molecule has 0 saturated carbocycles. The van der Waals surface area contributed by atoms with Crippen LogP contribution in [-0.4, -0.2) is 36.5 Å². The maximum absolute atomic E-state index is 12.6. The van der Waals surface area contributed by atoms with Gasteiger partial charge in [0.1, 0.15) is 0 Å². The second-order valence-electron chi connectivity index (χ2n) is 5.38. The molecule has 0 unspecified atom stereocenters. The molecule has 0 bridgehead atoms. The molecule has 1 aromatic rings. The van der Waals surface area contributed by atoms with E-state index < -0.39 is 0 Å². The van der Waals surface area contributed by atoms with E-state index in [1.807, 2.05) is 24.3 Å². The molecule has 0 atom stereocenters. The monoisotopic (exact) mass is 294 g/mol. The van der Waals surface area contributed by atoms with Crippen molar-refractivity contribution < 1.29 is 4.79 Å². The van der Waals surface area contributed by atoms with Gasteiger partial charge in [-0.2, -0.15) is 0 Å². The Labute approximate surface area is 126 Å². The van der Waals surface area contributed by atoms with Crippen molar-refractivity contribution in [3.63, 3.8) is 0 Å². The summed E-state index contributed by atoms with van der Waals surface area (Å²) in [6, 6.07) is 7.98. The van der Waals surface area contributed by atoms with Gasteiger partial charge in [0, 0.05) is 17.6 Å². The number of benzene rings is 1. The molecule has 1 aliphatic heterocycles. The SMILES string of the molecule is CCCN(C(=O)Cc1cccc(Cl)c1)C1CCNCC1. The van der Waals surface area contributed by atoms with Gasteiger partial charge in [0.05, 0.1) is 6.42 Å². The standard InChI is InChI=1S/C16H23ClN2O/c1-2-10-19(15-6-8-18-9-7-15)16(20)12-13-4-3-5-14(17)11-13/h3-5,11,15,18H,2,6-10,12H2,1H3. The summed E-state index contributed by atoms with van der Waals surface area (Å²) in [4.78, 5) is 14.6. The highest BCUT2D eigenvalue weighted by Gasteiger charge is 2.24. The van der Waals surface area contributed by atoms with Crippen LogP contribution in [0, 0.1) is 0 Å². The molecule has 4 heteroatoms. The Morgan fingerprint density at radius 3 is 2.80 bits per heavy atom. The number of hydrogen-bond donors (Lipinski definition) is 1. The molecule has 1 saturated heterocycles. The van der Waals surface area contributed by atoms with Crippen molar-refractivity contribution in [2.45, 2.75) is 38.6 Å². The first-order valence-corrected chi connectivity index (χ1v) is 7.83. The molecule has 1 fully saturated rings. The van der Waals surface area contributed by atoms with Gasteiger partial charge in [0.15, 0.2) is 0 Å². The van der Waals surface area contributed by atoms with Crippen molar-refractivity contribution in [1.29, 1.82) is 0 Å². The number of amides is 1. The molecule has 1 heterocycles. The Kier molecular flexibility index (Phi) is 5.86. The highest BCUT2D eigenvalue weighted by molar-refractivity contribution is 6.30. The zero-order chi connectivity index (χ0) is 14.4. The van der Waals surface area contributed by atoms with Crippen molar-refractivity contribution in [3.05, 3.63) is 34.9 Å². The Balaban J connectivity index is 2.02. The number of nitrogens with zero attached hydrogens (tertiary/aromatic N) is 1. The molecule has 1 N–H and O–H groups in total. The average molecular weight is 295 g/mol. The third kappa shape index (κ3) is 4.22. The second kappa shape index (κ2) is 7.65. The van der Waals surface area contributed by atoms with Crippen LogP contribution in [0.3, 0.4) is 0 Å². The summed E-state index contributed by atoms with van der Waals surface area (Å²) in [6.45, 7) is 5.00. The maximum atomic E-state index is 12.6. The fraction of sp³-hybridized carbons (Fsp3) is 0.562. The number of rotatable bonds is 5. The first-order valence-electron chi connectivity index (χ1n) is 7.45. The Hall–Kier alpha value is -1.06. The quantitative estimate of drug-likeness (QED) is 0.906. The number of carbonyl (C=O) groups is 1. The molecule has 3 nitrogen and oxygen atoms in total. The van der Waals surface area contributed by atoms with Crippen molar-refractivity contribution in [1.82, 2.24) is 10.2 Å². The van der Waals surface area contributed by atoms with E-state index in [1.165, 1.54) is 0 Å². The Morgan fingerprint density at radius 1 is 1.40 bits per heavy atom. The lowest BCUT2D eigenvalue weighted by atomic mass is 10.0. The Morgan fingerprint density at radius 2 is 2.15 bits per heavy atom. The summed E-state index contributed by atoms with van der Waals surface area (Å²) in [6.07, 6.45) is 3.57. The predicted molar refractivity (Wildman–Crippen MR) is 83.1 cm³/mol. The lowest BCUT2D eigenvalue weighted by Crippen LogP contribution is -2.47. The van der Waals surface area contributed by atoms with Crippen LogP contribution < -0.4 is 5.32 Å². The topological polar surface area (TPSA) is 32.3 Å². The van der Waals surface area contributed by atoms with Crippen LogP contribution in [0.2, 0.25) is 5.02 Å². The van der Waals surface area contributed by atoms with E-state index >= 15 is 0 Å². The van der Waals surface area contributed by atoms with Gasteiger partial charge in [-0.25, -0.2) is 0 Å². The lowest BCUT2D eigenvalue weighted by Gasteiger charge is -2.34. The van der Waals surface area contributed by atoms with Gasteiger partial charge < -0.3 is 10.2 Å². The van der Waals surface area contributed by atoms with E-state index in [2.05, 4.69) is 17.1 Å². The number of hydrogen-bond acceptors (Lipinski definition) is 2. The van der Waals surface area contributed by atoms with Gasteiger partial charge in [-0.1, -0.05) is 30.7 Å². The van der Waals surface area contributed by atoms with Crippen LogP contribution in [0.25, 0.3) is 0 Å². The van der Waals surface area contributed by atoms with Crippen LogP contribution in [-0.2, 0) is 11.2 Å². The molecule has 0 aromatic heterocycles. The van der Waals surface area contributed by atoms with E-state index in [-0.39, 0.29) is 5.91 Å². The molecule has 110 valence electrons. The van der Waals surface area contributed by atoms with E-state index in [0.29, 0.717) is 17.5 Å². The smallest absolute Gasteiger partial charge is 0.227 e. The van der Waals surface area contributed by atoms with Crippen molar-refractivity contribution in [2.24, 2.45) is 0 Å². The van der Waals surface area contributed by atoms with Crippen molar-refractivity contribution in [3.8, 4) is 0 Å². The molecule has 0 spiro atoms. The van der Waals surface area contributed by atoms with Gasteiger partial charge in [-0.05, 0) is 50.0 Å². The minimum Gasteiger partial charge on any atom is -0.339 e. The van der Waals surface area contributed by atoms with Gasteiger partial charge >= 0.3 is 0 Å². The van der Waals surface area contributed by atoms with E-state index in [1.54, 1.807) is 0 Å². The van der Waals surface area contributed by atoms with Crippen molar-refractivity contribution in [2.75, 3.05) is 19.6 Å². The summed E-state index contributed by atoms with van der Waals surface area (Å²) in [7, 11) is 0. The Bertz CT molecular complexity index is 444. The van der Waals surface area contributed by atoms with Gasteiger partial charge in [0.25, 0.3) is 0 Å². The zero-order valence-electron chi connectivity index (χ0n) is 12.1. The highest BCUT2D eigenvalue weighted by atomic mass is 35.5. The van der Waals surface area contributed by atoms with E-state index in [4.69, 9.17) is 11.6 Å². The minimum absolute atomic E-state index is 0.223. The van der Waals surface area contributed by atoms with Crippen molar-refractivity contribution >= 4 is 17.5 Å². The summed E-state index contributed by atoms with van der Waals surface area (Å²) in [5.74, 6) is 0.223. The normalized spacial score (nSPS) is 16.1. The fourth-order valence-electron chi connectivity index (χ4n) is 2.79. The summed E-state index contributed by atoms with van der Waals surface area (Å²) < 4.78 is 0. The average Bonchev–Trinajstić information content (AvgIpc) is 2.45. The summed E-state index contributed by atoms with van der Waals surface area (Å²) in [5.41, 5.74) is 0.998. The molecular weight excluding hydrogens is 272 g/mol. The molecule has 1 aromatic carbocycles. The first kappa shape index (κ1) is 15.3. The highest BCUT2D eigenvalue weighted by Crippen LogP contribution is 2.16. The maximum Gasteiger partial charge on any atom is 0.227 e. The zero-order valence-corrected chi connectivity index (χ0v) is 12.8. The molecular formula is C16H23ClN2O. The van der Waals surface area contributed by atoms with E-state index in [0.717, 1.165) is 44.5 Å². The van der Waals surface area contributed by atoms with Crippen LogP contribution in [0.1, 0.15) is 31.7 Å². The van der Waals surface area contributed by atoms with Gasteiger partial charge in [-0.3, -0.25) is 4.79 Å². The van der Waals surface area contributed by atoms with Gasteiger partial charge in [0.2, 0.25) is 5.91 Å². The third-order valence-electron chi connectivity index (χ3n) is 3.78. The number of piperidine rings is 1. The molecule has 2 rings (SSSR count). The molecule has 1 aliphatic rings. The number of nitrogens with one attached hydrogen (secondary N) is 1. The molecule has 1 amide bonds. The summed E-state index contributed by atoms with van der Waals surface area (Å²) >= 11 is 5.98. The third-order valence-corrected chi connectivity index (χ3v) is 4.01. The number of halogens is 1. The second-order valence-corrected chi connectivity index (χ2v) is 5.81.